The molecule has 0 aliphatic carbocycles. The first-order chi connectivity index (χ1) is 12.7. The van der Waals surface area contributed by atoms with Crippen LogP contribution in [-0.4, -0.2) is 24.0 Å². The largest absolute Gasteiger partial charge is 0.356 e. The van der Waals surface area contributed by atoms with Gasteiger partial charge in [0.25, 0.3) is 5.91 Å². The molecule has 3 heterocycles. The van der Waals surface area contributed by atoms with E-state index in [2.05, 4.69) is 16.9 Å². The second-order valence-corrected chi connectivity index (χ2v) is 7.25. The van der Waals surface area contributed by atoms with Gasteiger partial charge in [-0.1, -0.05) is 35.9 Å². The zero-order chi connectivity index (χ0) is 17.9. The molecule has 2 aliphatic heterocycles. The summed E-state index contributed by atoms with van der Waals surface area (Å²) in [7, 11) is 0. The number of fused-ring (bicyclic) bond motifs is 6. The molecule has 0 unspecified atom stereocenters. The van der Waals surface area contributed by atoms with Gasteiger partial charge in [-0.2, -0.15) is 0 Å². The van der Waals surface area contributed by atoms with Crippen LogP contribution >= 0.6 is 11.6 Å². The van der Waals surface area contributed by atoms with Gasteiger partial charge in [0.1, 0.15) is 0 Å². The number of anilines is 1. The molecule has 1 spiro atoms. The monoisotopic (exact) mass is 363 g/mol. The Morgan fingerprint density at radius 3 is 2.96 bits per heavy atom. The standard InChI is InChI=1S/C21H18ClN3O/c1-2-11-25-18-6-4-3-5-16(18)21(20(25)26)19-14(9-10-23-21)15-12-13(22)7-8-17(15)24-19/h2-8,12,23-24H,1,9-11H2/t21-/m1/s1. The number of aromatic nitrogens is 1. The van der Waals surface area contributed by atoms with Crippen molar-refractivity contribution in [2.75, 3.05) is 18.0 Å². The number of para-hydroxylation sites is 1. The Bertz CT molecular complexity index is 1070. The third-order valence-corrected chi connectivity index (χ3v) is 5.72. The molecule has 0 saturated heterocycles. The molecule has 2 aliphatic rings. The van der Waals surface area contributed by atoms with Gasteiger partial charge in [0.15, 0.2) is 5.54 Å². The molecule has 3 aromatic rings. The second-order valence-electron chi connectivity index (χ2n) is 6.82. The van der Waals surface area contributed by atoms with Gasteiger partial charge in [-0.3, -0.25) is 10.1 Å². The molecule has 130 valence electrons. The fraction of sp³-hybridized carbons (Fsp3) is 0.190. The Labute approximate surface area is 156 Å². The van der Waals surface area contributed by atoms with Crippen LogP contribution in [-0.2, 0) is 16.8 Å². The predicted octanol–water partition coefficient (Wildman–Crippen LogP) is 3.74. The fourth-order valence-corrected chi connectivity index (χ4v) is 4.61. The second kappa shape index (κ2) is 5.47. The highest BCUT2D eigenvalue weighted by atomic mass is 35.5. The number of carbonyl (C=O) groups excluding carboxylic acids is 1. The van der Waals surface area contributed by atoms with Crippen molar-refractivity contribution in [3.8, 4) is 0 Å². The van der Waals surface area contributed by atoms with Gasteiger partial charge in [0, 0.05) is 34.6 Å². The molecule has 5 rings (SSSR count). The van der Waals surface area contributed by atoms with E-state index in [9.17, 15) is 4.79 Å². The summed E-state index contributed by atoms with van der Waals surface area (Å²) in [5.41, 5.74) is 4.17. The van der Waals surface area contributed by atoms with Crippen molar-refractivity contribution < 1.29 is 4.79 Å². The molecule has 0 bridgehead atoms. The summed E-state index contributed by atoms with van der Waals surface area (Å²) in [5.74, 6) is 0.0391. The number of amides is 1. The van der Waals surface area contributed by atoms with E-state index in [1.165, 1.54) is 5.56 Å². The molecule has 2 N–H and O–H groups in total. The summed E-state index contributed by atoms with van der Waals surface area (Å²) < 4.78 is 0. The number of halogens is 1. The molecule has 2 aromatic carbocycles. The number of rotatable bonds is 2. The van der Waals surface area contributed by atoms with Gasteiger partial charge in [-0.15, -0.1) is 6.58 Å². The van der Waals surface area contributed by atoms with Crippen molar-refractivity contribution in [1.82, 2.24) is 10.3 Å². The third-order valence-electron chi connectivity index (χ3n) is 5.48. The van der Waals surface area contributed by atoms with Gasteiger partial charge in [-0.05, 0) is 36.2 Å². The van der Waals surface area contributed by atoms with E-state index >= 15 is 0 Å². The van der Waals surface area contributed by atoms with Crippen LogP contribution in [0.15, 0.2) is 55.1 Å². The molecular formula is C21H18ClN3O. The average molecular weight is 364 g/mol. The number of benzene rings is 2. The van der Waals surface area contributed by atoms with Crippen LogP contribution in [0.3, 0.4) is 0 Å². The van der Waals surface area contributed by atoms with Crippen molar-refractivity contribution in [1.29, 1.82) is 0 Å². The maximum absolute atomic E-state index is 13.6. The van der Waals surface area contributed by atoms with Crippen LogP contribution in [0.2, 0.25) is 5.02 Å². The minimum atomic E-state index is -0.876. The summed E-state index contributed by atoms with van der Waals surface area (Å²) >= 11 is 6.23. The van der Waals surface area contributed by atoms with Crippen molar-refractivity contribution in [2.45, 2.75) is 12.0 Å². The van der Waals surface area contributed by atoms with E-state index in [1.54, 1.807) is 6.08 Å². The maximum Gasteiger partial charge on any atom is 0.258 e. The first kappa shape index (κ1) is 15.7. The summed E-state index contributed by atoms with van der Waals surface area (Å²) in [6.07, 6.45) is 2.62. The van der Waals surface area contributed by atoms with Crippen LogP contribution in [0.5, 0.6) is 0 Å². The molecule has 0 radical (unpaired) electrons. The third kappa shape index (κ3) is 1.86. The first-order valence-corrected chi connectivity index (χ1v) is 9.12. The highest BCUT2D eigenvalue weighted by Gasteiger charge is 2.54. The highest BCUT2D eigenvalue weighted by molar-refractivity contribution is 6.31. The van der Waals surface area contributed by atoms with Gasteiger partial charge in [0.05, 0.1) is 11.4 Å². The van der Waals surface area contributed by atoms with Crippen molar-refractivity contribution in [3.63, 3.8) is 0 Å². The number of nitrogens with one attached hydrogen (secondary N) is 2. The molecule has 0 fully saturated rings. The lowest BCUT2D eigenvalue weighted by Gasteiger charge is -2.34. The van der Waals surface area contributed by atoms with Crippen LogP contribution in [0, 0.1) is 0 Å². The molecule has 5 heteroatoms. The van der Waals surface area contributed by atoms with Crippen molar-refractivity contribution in [2.24, 2.45) is 0 Å². The van der Waals surface area contributed by atoms with Crippen LogP contribution in [0.4, 0.5) is 5.69 Å². The quantitative estimate of drug-likeness (QED) is 0.681. The van der Waals surface area contributed by atoms with Gasteiger partial charge < -0.3 is 9.88 Å². The van der Waals surface area contributed by atoms with E-state index in [0.717, 1.165) is 40.8 Å². The van der Waals surface area contributed by atoms with E-state index in [1.807, 2.05) is 47.4 Å². The lowest BCUT2D eigenvalue weighted by molar-refractivity contribution is -0.123. The lowest BCUT2D eigenvalue weighted by atomic mass is 9.82. The van der Waals surface area contributed by atoms with Crippen molar-refractivity contribution >= 4 is 34.1 Å². The SMILES string of the molecule is C=CCN1C(=O)[C@@]2(NCCc3c2[nH]c2ccc(Cl)cc32)c2ccccc21. The molecule has 1 atom stereocenters. The number of aromatic amines is 1. The molecular weight excluding hydrogens is 346 g/mol. The van der Waals surface area contributed by atoms with Crippen molar-refractivity contribution in [3.05, 3.63) is 77.0 Å². The summed E-state index contributed by atoms with van der Waals surface area (Å²) in [4.78, 5) is 18.9. The Morgan fingerprint density at radius 1 is 1.27 bits per heavy atom. The van der Waals surface area contributed by atoms with Gasteiger partial charge in [0.2, 0.25) is 0 Å². The van der Waals surface area contributed by atoms with Gasteiger partial charge in [-0.25, -0.2) is 0 Å². The van der Waals surface area contributed by atoms with E-state index in [4.69, 9.17) is 11.6 Å². The van der Waals surface area contributed by atoms with Crippen LogP contribution in [0.1, 0.15) is 16.8 Å². The van der Waals surface area contributed by atoms with E-state index in [0.29, 0.717) is 11.6 Å². The summed E-state index contributed by atoms with van der Waals surface area (Å²) in [6, 6.07) is 13.8. The fourth-order valence-electron chi connectivity index (χ4n) is 4.44. The van der Waals surface area contributed by atoms with Gasteiger partial charge >= 0.3 is 0 Å². The predicted molar refractivity (Wildman–Crippen MR) is 105 cm³/mol. The van der Waals surface area contributed by atoms with Crippen LogP contribution in [0.25, 0.3) is 10.9 Å². The number of carbonyl (C=O) groups is 1. The Kier molecular flexibility index (Phi) is 3.30. The minimum absolute atomic E-state index is 0.0391. The normalized spacial score (nSPS) is 21.3. The maximum atomic E-state index is 13.6. The smallest absolute Gasteiger partial charge is 0.258 e. The average Bonchev–Trinajstić information content (AvgIpc) is 3.13. The number of H-pyrrole nitrogens is 1. The highest BCUT2D eigenvalue weighted by Crippen LogP contribution is 2.47. The minimum Gasteiger partial charge on any atom is -0.356 e. The topological polar surface area (TPSA) is 48.1 Å². The molecule has 26 heavy (non-hydrogen) atoms. The lowest BCUT2D eigenvalue weighted by Crippen LogP contribution is -2.55. The van der Waals surface area contributed by atoms with E-state index < -0.39 is 5.54 Å². The summed E-state index contributed by atoms with van der Waals surface area (Å²) in [6.45, 7) is 5.03. The zero-order valence-corrected chi connectivity index (χ0v) is 14.9. The summed E-state index contributed by atoms with van der Waals surface area (Å²) in [5, 5.41) is 5.34. The molecule has 0 saturated carbocycles. The Hall–Kier alpha value is -2.56. The Morgan fingerprint density at radius 2 is 2.12 bits per heavy atom. The Balaban J connectivity index is 1.82. The molecule has 1 amide bonds. The number of hydrogen-bond acceptors (Lipinski definition) is 2. The first-order valence-electron chi connectivity index (χ1n) is 8.75. The number of hydrogen-bond donors (Lipinski definition) is 2. The molecule has 1 aromatic heterocycles. The number of nitrogens with zero attached hydrogens (tertiary/aromatic N) is 1. The molecule has 4 nitrogen and oxygen atoms in total. The van der Waals surface area contributed by atoms with E-state index in [-0.39, 0.29) is 5.91 Å². The van der Waals surface area contributed by atoms with Crippen LogP contribution < -0.4 is 10.2 Å². The zero-order valence-electron chi connectivity index (χ0n) is 14.2.